The first-order valence-corrected chi connectivity index (χ1v) is 7.06. The predicted octanol–water partition coefficient (Wildman–Crippen LogP) is 2.21. The molecule has 21 heavy (non-hydrogen) atoms. The van der Waals surface area contributed by atoms with E-state index in [1.165, 1.54) is 12.1 Å². The molecule has 1 fully saturated rings. The fourth-order valence-electron chi connectivity index (χ4n) is 2.89. The molecule has 1 aliphatic rings. The lowest BCUT2D eigenvalue weighted by Gasteiger charge is -2.42. The van der Waals surface area contributed by atoms with Gasteiger partial charge in [0.05, 0.1) is 5.56 Å². The Morgan fingerprint density at radius 1 is 1.24 bits per heavy atom. The highest BCUT2D eigenvalue weighted by Crippen LogP contribution is 2.32. The van der Waals surface area contributed by atoms with Gasteiger partial charge in [0.15, 0.2) is 0 Å². The van der Waals surface area contributed by atoms with Crippen LogP contribution in [0, 0.1) is 0 Å². The third-order valence-corrected chi connectivity index (χ3v) is 4.17. The summed E-state index contributed by atoms with van der Waals surface area (Å²) in [6.07, 6.45) is -4.30. The van der Waals surface area contributed by atoms with Gasteiger partial charge in [0, 0.05) is 31.7 Å². The van der Waals surface area contributed by atoms with Gasteiger partial charge in [0.25, 0.3) is 0 Å². The van der Waals surface area contributed by atoms with E-state index in [-0.39, 0.29) is 12.1 Å². The zero-order valence-electron chi connectivity index (χ0n) is 12.6. The molecule has 2 atom stereocenters. The fraction of sp³-hybridized carbons (Fsp3) is 0.600. The minimum absolute atomic E-state index is 0.125. The number of hydrogen-bond acceptors (Lipinski definition) is 3. The molecule has 0 spiro atoms. The molecule has 1 heterocycles. The number of nitrogens with one attached hydrogen (secondary N) is 1. The second kappa shape index (κ2) is 6.34. The lowest BCUT2D eigenvalue weighted by Crippen LogP contribution is -2.54. The Labute approximate surface area is 123 Å². The maximum atomic E-state index is 12.9. The molecule has 0 saturated carbocycles. The SMILES string of the molecule is CNC(c1cccc(C(F)(F)F)c1)C1CN(C)CCN1C. The lowest BCUT2D eigenvalue weighted by atomic mass is 9.95. The van der Waals surface area contributed by atoms with Crippen molar-refractivity contribution >= 4 is 0 Å². The number of halogens is 3. The Morgan fingerprint density at radius 2 is 1.95 bits per heavy atom. The van der Waals surface area contributed by atoms with Gasteiger partial charge in [-0.05, 0) is 38.8 Å². The maximum Gasteiger partial charge on any atom is 0.416 e. The summed E-state index contributed by atoms with van der Waals surface area (Å²) in [5, 5.41) is 3.18. The van der Waals surface area contributed by atoms with Crippen molar-refractivity contribution in [3.8, 4) is 0 Å². The van der Waals surface area contributed by atoms with Crippen LogP contribution in [0.25, 0.3) is 0 Å². The van der Waals surface area contributed by atoms with E-state index >= 15 is 0 Å². The van der Waals surface area contributed by atoms with E-state index in [1.807, 2.05) is 14.1 Å². The fourth-order valence-corrected chi connectivity index (χ4v) is 2.89. The van der Waals surface area contributed by atoms with Crippen LogP contribution in [-0.2, 0) is 6.18 Å². The molecule has 3 nitrogen and oxygen atoms in total. The van der Waals surface area contributed by atoms with Crippen molar-refractivity contribution < 1.29 is 13.2 Å². The number of hydrogen-bond donors (Lipinski definition) is 1. The summed E-state index contributed by atoms with van der Waals surface area (Å²) in [5.41, 5.74) is 0.0894. The number of likely N-dealkylation sites (N-methyl/N-ethyl adjacent to an activating group) is 3. The number of rotatable bonds is 3. The zero-order chi connectivity index (χ0) is 15.6. The van der Waals surface area contributed by atoms with Crippen LogP contribution >= 0.6 is 0 Å². The summed E-state index contributed by atoms with van der Waals surface area (Å²) in [6, 6.07) is 5.64. The molecule has 0 aliphatic carbocycles. The van der Waals surface area contributed by atoms with E-state index < -0.39 is 11.7 Å². The molecule has 0 aromatic heterocycles. The number of benzene rings is 1. The van der Waals surface area contributed by atoms with Crippen molar-refractivity contribution in [2.75, 3.05) is 40.8 Å². The molecule has 1 aromatic rings. The van der Waals surface area contributed by atoms with Crippen molar-refractivity contribution in [1.82, 2.24) is 15.1 Å². The van der Waals surface area contributed by atoms with Gasteiger partial charge in [-0.3, -0.25) is 4.90 Å². The summed E-state index contributed by atoms with van der Waals surface area (Å²) in [6.45, 7) is 2.72. The Kier molecular flexibility index (Phi) is 4.91. The number of nitrogens with zero attached hydrogens (tertiary/aromatic N) is 2. The van der Waals surface area contributed by atoms with E-state index in [0.717, 1.165) is 25.7 Å². The van der Waals surface area contributed by atoms with Gasteiger partial charge < -0.3 is 10.2 Å². The van der Waals surface area contributed by atoms with E-state index in [0.29, 0.717) is 5.56 Å². The standard InChI is InChI=1S/C15H22F3N3/c1-19-14(13-10-20(2)7-8-21(13)3)11-5-4-6-12(9-11)15(16,17)18/h4-6,9,13-14,19H,7-8,10H2,1-3H3. The van der Waals surface area contributed by atoms with Crippen molar-refractivity contribution in [3.05, 3.63) is 35.4 Å². The predicted molar refractivity (Wildman–Crippen MR) is 77.2 cm³/mol. The molecule has 2 rings (SSSR count). The largest absolute Gasteiger partial charge is 0.416 e. The highest BCUT2D eigenvalue weighted by atomic mass is 19.4. The van der Waals surface area contributed by atoms with Gasteiger partial charge in [0.2, 0.25) is 0 Å². The highest BCUT2D eigenvalue weighted by molar-refractivity contribution is 5.29. The third-order valence-electron chi connectivity index (χ3n) is 4.17. The van der Waals surface area contributed by atoms with Gasteiger partial charge in [-0.15, -0.1) is 0 Å². The Hall–Kier alpha value is -1.11. The summed E-state index contributed by atoms with van der Waals surface area (Å²) >= 11 is 0. The van der Waals surface area contributed by atoms with Gasteiger partial charge in [-0.1, -0.05) is 12.1 Å². The molecule has 1 saturated heterocycles. The van der Waals surface area contributed by atoms with Gasteiger partial charge in [-0.25, -0.2) is 0 Å². The quantitative estimate of drug-likeness (QED) is 0.923. The minimum atomic E-state index is -4.30. The summed E-state index contributed by atoms with van der Waals surface area (Å²) in [7, 11) is 5.86. The van der Waals surface area contributed by atoms with E-state index in [2.05, 4.69) is 15.1 Å². The van der Waals surface area contributed by atoms with Gasteiger partial charge in [-0.2, -0.15) is 13.2 Å². The molecule has 0 bridgehead atoms. The van der Waals surface area contributed by atoms with E-state index in [9.17, 15) is 13.2 Å². The molecule has 1 N–H and O–H groups in total. The van der Waals surface area contributed by atoms with Crippen LogP contribution in [0.5, 0.6) is 0 Å². The summed E-state index contributed by atoms with van der Waals surface area (Å²) in [4.78, 5) is 4.42. The van der Waals surface area contributed by atoms with Crippen molar-refractivity contribution in [1.29, 1.82) is 0 Å². The number of piperazine rings is 1. The first-order chi connectivity index (χ1) is 9.82. The molecular formula is C15H22F3N3. The van der Waals surface area contributed by atoms with E-state index in [4.69, 9.17) is 0 Å². The molecule has 118 valence electrons. The molecule has 1 aromatic carbocycles. The number of alkyl halides is 3. The Bertz CT molecular complexity index is 475. The van der Waals surface area contributed by atoms with Crippen molar-refractivity contribution in [2.24, 2.45) is 0 Å². The second-order valence-electron chi connectivity index (χ2n) is 5.70. The summed E-state index contributed by atoms with van der Waals surface area (Å²) < 4.78 is 38.6. The average molecular weight is 301 g/mol. The Balaban J connectivity index is 2.28. The molecule has 2 unspecified atom stereocenters. The van der Waals surface area contributed by atoms with Crippen LogP contribution < -0.4 is 5.32 Å². The highest BCUT2D eigenvalue weighted by Gasteiger charge is 2.33. The van der Waals surface area contributed by atoms with Crippen LogP contribution in [0.2, 0.25) is 0 Å². The van der Waals surface area contributed by atoms with E-state index in [1.54, 1.807) is 13.1 Å². The van der Waals surface area contributed by atoms with Crippen LogP contribution in [0.15, 0.2) is 24.3 Å². The first kappa shape index (κ1) is 16.3. The zero-order valence-corrected chi connectivity index (χ0v) is 12.6. The summed E-state index contributed by atoms with van der Waals surface area (Å²) in [5.74, 6) is 0. The average Bonchev–Trinajstić information content (AvgIpc) is 2.43. The topological polar surface area (TPSA) is 18.5 Å². The third kappa shape index (κ3) is 3.75. The normalized spacial score (nSPS) is 23.2. The maximum absolute atomic E-state index is 12.9. The van der Waals surface area contributed by atoms with Crippen LogP contribution in [0.3, 0.4) is 0 Å². The smallest absolute Gasteiger partial charge is 0.312 e. The van der Waals surface area contributed by atoms with Crippen LogP contribution in [-0.4, -0.2) is 56.6 Å². The van der Waals surface area contributed by atoms with Gasteiger partial charge in [0.1, 0.15) is 0 Å². The molecule has 1 aliphatic heterocycles. The van der Waals surface area contributed by atoms with Crippen LogP contribution in [0.4, 0.5) is 13.2 Å². The monoisotopic (exact) mass is 301 g/mol. The van der Waals surface area contributed by atoms with Crippen LogP contribution in [0.1, 0.15) is 17.2 Å². The first-order valence-electron chi connectivity index (χ1n) is 7.06. The molecular weight excluding hydrogens is 279 g/mol. The molecule has 0 amide bonds. The Morgan fingerprint density at radius 3 is 2.57 bits per heavy atom. The lowest BCUT2D eigenvalue weighted by molar-refractivity contribution is -0.137. The van der Waals surface area contributed by atoms with Gasteiger partial charge >= 0.3 is 6.18 Å². The molecule has 0 radical (unpaired) electrons. The second-order valence-corrected chi connectivity index (χ2v) is 5.70. The van der Waals surface area contributed by atoms with Crippen molar-refractivity contribution in [2.45, 2.75) is 18.3 Å². The minimum Gasteiger partial charge on any atom is -0.312 e. The molecule has 6 heteroatoms. The van der Waals surface area contributed by atoms with Crippen molar-refractivity contribution in [3.63, 3.8) is 0 Å².